The molecule has 3 rings (SSSR count). The van der Waals surface area contributed by atoms with Gasteiger partial charge in [-0.3, -0.25) is 9.59 Å². The van der Waals surface area contributed by atoms with E-state index in [1.54, 1.807) is 6.07 Å². The summed E-state index contributed by atoms with van der Waals surface area (Å²) in [5.41, 5.74) is 0.785. The number of benzene rings is 2. The van der Waals surface area contributed by atoms with Gasteiger partial charge in [0.1, 0.15) is 18.2 Å². The van der Waals surface area contributed by atoms with Crippen molar-refractivity contribution in [1.82, 2.24) is 9.78 Å². The molecule has 1 heterocycles. The van der Waals surface area contributed by atoms with Gasteiger partial charge in [0.15, 0.2) is 0 Å². The van der Waals surface area contributed by atoms with Gasteiger partial charge >= 0.3 is 0 Å². The van der Waals surface area contributed by atoms with Crippen LogP contribution in [0.25, 0.3) is 11.3 Å². The minimum absolute atomic E-state index is 0.0374. The smallest absolute Gasteiger partial charge is 0.267 e. The first-order chi connectivity index (χ1) is 12.4. The summed E-state index contributed by atoms with van der Waals surface area (Å²) < 4.78 is 28.2. The summed E-state index contributed by atoms with van der Waals surface area (Å²) in [5, 5.41) is 6.51. The Kier molecular flexibility index (Phi) is 5.22. The molecule has 0 bridgehead atoms. The fraction of sp³-hybridized carbons (Fsp3) is 0.0556. The second-order valence-electron chi connectivity index (χ2n) is 5.43. The number of carbonyl (C=O) groups is 1. The average Bonchev–Trinajstić information content (AvgIpc) is 2.56. The fourth-order valence-corrected chi connectivity index (χ4v) is 2.56. The molecule has 1 N–H and O–H groups in total. The molecule has 0 fully saturated rings. The van der Waals surface area contributed by atoms with E-state index in [9.17, 15) is 18.4 Å². The highest BCUT2D eigenvalue weighted by molar-refractivity contribution is 9.10. The molecule has 0 unspecified atom stereocenters. The molecule has 0 aliphatic heterocycles. The summed E-state index contributed by atoms with van der Waals surface area (Å²) >= 11 is 3.34. The largest absolute Gasteiger partial charge is 0.324 e. The van der Waals surface area contributed by atoms with Crippen LogP contribution in [0.4, 0.5) is 14.5 Å². The lowest BCUT2D eigenvalue weighted by molar-refractivity contribution is -0.117. The number of nitrogens with one attached hydrogen (secondary N) is 1. The van der Waals surface area contributed by atoms with Gasteiger partial charge in [0.25, 0.3) is 5.56 Å². The first-order valence-corrected chi connectivity index (χ1v) is 8.30. The molecule has 8 heteroatoms. The predicted molar refractivity (Wildman–Crippen MR) is 96.6 cm³/mol. The van der Waals surface area contributed by atoms with Crippen molar-refractivity contribution in [2.45, 2.75) is 6.54 Å². The van der Waals surface area contributed by atoms with Crippen LogP contribution >= 0.6 is 15.9 Å². The summed E-state index contributed by atoms with van der Waals surface area (Å²) in [6.45, 7) is -0.388. The Balaban J connectivity index is 1.80. The Morgan fingerprint density at radius 2 is 1.69 bits per heavy atom. The Morgan fingerprint density at radius 3 is 2.35 bits per heavy atom. The second-order valence-corrected chi connectivity index (χ2v) is 6.34. The maximum absolute atomic E-state index is 13.2. The molecular weight excluding hydrogens is 408 g/mol. The number of carbonyl (C=O) groups excluding carboxylic acids is 1. The van der Waals surface area contributed by atoms with E-state index in [-0.39, 0.29) is 12.2 Å². The summed E-state index contributed by atoms with van der Waals surface area (Å²) in [4.78, 5) is 24.0. The standard InChI is InChI=1S/C18H12BrF2N3O2/c19-12-3-1-11(2-4-12)16-5-6-18(26)24(23-16)10-17(25)22-15-8-13(20)7-14(21)9-15/h1-9H,10H2,(H,22,25). The van der Waals surface area contributed by atoms with Crippen LogP contribution in [0, 0.1) is 11.6 Å². The SMILES string of the molecule is O=C(Cn1nc(-c2ccc(Br)cc2)ccc1=O)Nc1cc(F)cc(F)c1. The number of amides is 1. The fourth-order valence-electron chi connectivity index (χ4n) is 2.30. The zero-order valence-electron chi connectivity index (χ0n) is 13.2. The predicted octanol–water partition coefficient (Wildman–Crippen LogP) is 3.59. The van der Waals surface area contributed by atoms with Crippen molar-refractivity contribution in [1.29, 1.82) is 0 Å². The molecule has 1 amide bonds. The van der Waals surface area contributed by atoms with E-state index in [0.717, 1.165) is 26.9 Å². The van der Waals surface area contributed by atoms with Crippen molar-refractivity contribution < 1.29 is 13.6 Å². The molecule has 2 aromatic carbocycles. The number of hydrogen-bond donors (Lipinski definition) is 1. The molecular formula is C18H12BrF2N3O2. The lowest BCUT2D eigenvalue weighted by Gasteiger charge is -2.09. The molecule has 26 heavy (non-hydrogen) atoms. The molecule has 1 aromatic heterocycles. The Hall–Kier alpha value is -2.87. The van der Waals surface area contributed by atoms with Crippen LogP contribution in [-0.4, -0.2) is 15.7 Å². The summed E-state index contributed by atoms with van der Waals surface area (Å²) in [5.74, 6) is -2.25. The highest BCUT2D eigenvalue weighted by Crippen LogP contribution is 2.19. The number of halogens is 3. The number of anilines is 1. The monoisotopic (exact) mass is 419 g/mol. The Labute approximate surface area is 155 Å². The van der Waals surface area contributed by atoms with Gasteiger partial charge < -0.3 is 5.32 Å². The molecule has 0 saturated carbocycles. The summed E-state index contributed by atoms with van der Waals surface area (Å²) in [6, 6.07) is 12.8. The summed E-state index contributed by atoms with van der Waals surface area (Å²) in [7, 11) is 0. The average molecular weight is 420 g/mol. The van der Waals surface area contributed by atoms with E-state index in [4.69, 9.17) is 0 Å². The minimum Gasteiger partial charge on any atom is -0.324 e. The van der Waals surface area contributed by atoms with E-state index >= 15 is 0 Å². The number of aromatic nitrogens is 2. The molecule has 132 valence electrons. The topological polar surface area (TPSA) is 64.0 Å². The van der Waals surface area contributed by atoms with Crippen LogP contribution in [0.3, 0.4) is 0 Å². The Morgan fingerprint density at radius 1 is 1.04 bits per heavy atom. The van der Waals surface area contributed by atoms with Crippen LogP contribution in [0.5, 0.6) is 0 Å². The van der Waals surface area contributed by atoms with Crippen molar-refractivity contribution in [2.75, 3.05) is 5.32 Å². The van der Waals surface area contributed by atoms with E-state index in [0.29, 0.717) is 11.8 Å². The van der Waals surface area contributed by atoms with Gasteiger partial charge in [-0.05, 0) is 30.3 Å². The zero-order chi connectivity index (χ0) is 18.7. The van der Waals surface area contributed by atoms with Crippen LogP contribution in [0.15, 0.2) is 63.9 Å². The van der Waals surface area contributed by atoms with Crippen molar-refractivity contribution in [3.8, 4) is 11.3 Å². The molecule has 0 saturated heterocycles. The number of hydrogen-bond acceptors (Lipinski definition) is 3. The first kappa shape index (κ1) is 17.9. The van der Waals surface area contributed by atoms with Crippen LogP contribution < -0.4 is 10.9 Å². The highest BCUT2D eigenvalue weighted by Gasteiger charge is 2.10. The molecule has 0 spiro atoms. The lowest BCUT2D eigenvalue weighted by atomic mass is 10.1. The highest BCUT2D eigenvalue weighted by atomic mass is 79.9. The van der Waals surface area contributed by atoms with Crippen molar-refractivity contribution >= 4 is 27.5 Å². The molecule has 0 aliphatic rings. The van der Waals surface area contributed by atoms with E-state index in [1.807, 2.05) is 24.3 Å². The maximum atomic E-state index is 13.2. The second kappa shape index (κ2) is 7.57. The van der Waals surface area contributed by atoms with E-state index in [2.05, 4.69) is 26.3 Å². The minimum atomic E-state index is -0.812. The third-order valence-corrected chi connectivity index (χ3v) is 3.97. The van der Waals surface area contributed by atoms with Crippen LogP contribution in [-0.2, 0) is 11.3 Å². The van der Waals surface area contributed by atoms with Crippen molar-refractivity contribution in [3.63, 3.8) is 0 Å². The zero-order valence-corrected chi connectivity index (χ0v) is 14.8. The molecule has 0 radical (unpaired) electrons. The number of rotatable bonds is 4. The normalized spacial score (nSPS) is 10.6. The van der Waals surface area contributed by atoms with Crippen molar-refractivity contribution in [3.05, 3.63) is 81.1 Å². The molecule has 0 atom stereocenters. The van der Waals surface area contributed by atoms with Gasteiger partial charge in [-0.15, -0.1) is 0 Å². The molecule has 0 aliphatic carbocycles. The lowest BCUT2D eigenvalue weighted by Crippen LogP contribution is -2.29. The quantitative estimate of drug-likeness (QED) is 0.702. The Bertz CT molecular complexity index is 999. The van der Waals surface area contributed by atoms with Crippen LogP contribution in [0.1, 0.15) is 0 Å². The third kappa shape index (κ3) is 4.40. The van der Waals surface area contributed by atoms with Gasteiger partial charge in [-0.25, -0.2) is 13.5 Å². The first-order valence-electron chi connectivity index (χ1n) is 7.51. The van der Waals surface area contributed by atoms with E-state index < -0.39 is 23.1 Å². The van der Waals surface area contributed by atoms with Crippen LogP contribution in [0.2, 0.25) is 0 Å². The van der Waals surface area contributed by atoms with Crippen molar-refractivity contribution in [2.24, 2.45) is 0 Å². The molecule has 3 aromatic rings. The third-order valence-electron chi connectivity index (χ3n) is 3.45. The number of nitrogens with zero attached hydrogens (tertiary/aromatic N) is 2. The summed E-state index contributed by atoms with van der Waals surface area (Å²) in [6.07, 6.45) is 0. The van der Waals surface area contributed by atoms with Gasteiger partial charge in [0.05, 0.1) is 5.69 Å². The molecule has 5 nitrogen and oxygen atoms in total. The van der Waals surface area contributed by atoms with Gasteiger partial charge in [-0.2, -0.15) is 5.10 Å². The van der Waals surface area contributed by atoms with Gasteiger partial charge in [0, 0.05) is 27.9 Å². The van der Waals surface area contributed by atoms with Gasteiger partial charge in [-0.1, -0.05) is 28.1 Å². The van der Waals surface area contributed by atoms with E-state index in [1.165, 1.54) is 6.07 Å². The maximum Gasteiger partial charge on any atom is 0.267 e. The van der Waals surface area contributed by atoms with Gasteiger partial charge in [0.2, 0.25) is 5.91 Å².